The monoisotopic (exact) mass is 450 g/mol. The van der Waals surface area contributed by atoms with Crippen molar-refractivity contribution in [2.45, 2.75) is 100 Å². The lowest BCUT2D eigenvalue weighted by atomic mass is 9.74. The van der Waals surface area contributed by atoms with E-state index in [1.165, 1.54) is 6.92 Å². The summed E-state index contributed by atoms with van der Waals surface area (Å²) in [5.41, 5.74) is -3.86. The topological polar surface area (TPSA) is 180 Å². The standard InChI is InChI=1S/C21H38O10/c1-19(2,31-18-17(27)16(26)15(25)13(8-22)30-18)10-4-5-21(29,9-23)12-7-14(24)20(3,28)11(12)6-10/h10-18,22-29H,4-9H2,1-3H3/t10-,11+,12-,13+,14+,15-,16-,17-,18-,20-,21+/m1/s1. The Balaban J connectivity index is 1.82. The number of hydrogen-bond donors (Lipinski definition) is 8. The van der Waals surface area contributed by atoms with E-state index in [0.29, 0.717) is 12.8 Å². The molecule has 0 amide bonds. The molecule has 10 nitrogen and oxygen atoms in total. The predicted molar refractivity (Wildman–Crippen MR) is 107 cm³/mol. The van der Waals surface area contributed by atoms with Gasteiger partial charge in [-0.3, -0.25) is 0 Å². The molecule has 0 spiro atoms. The minimum absolute atomic E-state index is 0.176. The highest BCUT2D eigenvalue weighted by Gasteiger charge is 2.60. The van der Waals surface area contributed by atoms with Crippen LogP contribution in [0.3, 0.4) is 0 Å². The number of hydrogen-bond acceptors (Lipinski definition) is 10. The SMILES string of the molecule is CC(C)(O[C@H]1O[C@@H](CO)[C@@H](O)[C@@H](O)[C@H]1O)[C@@H]1CC[C@](O)(CO)[C@@H]2C[C@H](O)[C@](C)(O)[C@H]2C1. The summed E-state index contributed by atoms with van der Waals surface area (Å²) in [6.07, 6.45) is -6.78. The van der Waals surface area contributed by atoms with Gasteiger partial charge in [-0.25, -0.2) is 0 Å². The lowest BCUT2D eigenvalue weighted by Gasteiger charge is -2.45. The van der Waals surface area contributed by atoms with Crippen LogP contribution in [-0.2, 0) is 9.47 Å². The Hall–Kier alpha value is -0.400. The summed E-state index contributed by atoms with van der Waals surface area (Å²) in [5.74, 6) is -1.25. The molecule has 0 aromatic carbocycles. The van der Waals surface area contributed by atoms with E-state index in [-0.39, 0.29) is 18.8 Å². The van der Waals surface area contributed by atoms with Crippen LogP contribution in [0.15, 0.2) is 0 Å². The van der Waals surface area contributed by atoms with Gasteiger partial charge >= 0.3 is 0 Å². The van der Waals surface area contributed by atoms with Crippen molar-refractivity contribution in [3.63, 3.8) is 0 Å². The minimum Gasteiger partial charge on any atom is -0.394 e. The van der Waals surface area contributed by atoms with E-state index in [1.54, 1.807) is 13.8 Å². The van der Waals surface area contributed by atoms with Gasteiger partial charge in [0.15, 0.2) is 6.29 Å². The van der Waals surface area contributed by atoms with Crippen molar-refractivity contribution in [1.82, 2.24) is 0 Å². The van der Waals surface area contributed by atoms with Gasteiger partial charge in [-0.2, -0.15) is 0 Å². The zero-order valence-corrected chi connectivity index (χ0v) is 18.3. The van der Waals surface area contributed by atoms with Crippen LogP contribution in [0, 0.1) is 17.8 Å². The van der Waals surface area contributed by atoms with Gasteiger partial charge in [-0.15, -0.1) is 0 Å². The van der Waals surface area contributed by atoms with E-state index in [4.69, 9.17) is 9.47 Å². The highest BCUT2D eigenvalue weighted by molar-refractivity contribution is 5.10. The van der Waals surface area contributed by atoms with Crippen LogP contribution in [0.4, 0.5) is 0 Å². The molecule has 10 heteroatoms. The molecule has 182 valence electrons. The maximum Gasteiger partial charge on any atom is 0.187 e. The fourth-order valence-corrected chi connectivity index (χ4v) is 5.72. The molecular formula is C21H38O10. The Morgan fingerprint density at radius 2 is 1.61 bits per heavy atom. The Bertz CT molecular complexity index is 625. The number of aliphatic hydroxyl groups is 8. The van der Waals surface area contributed by atoms with Crippen molar-refractivity contribution in [3.05, 3.63) is 0 Å². The lowest BCUT2D eigenvalue weighted by Crippen LogP contribution is -2.61. The first-order chi connectivity index (χ1) is 14.3. The van der Waals surface area contributed by atoms with Crippen molar-refractivity contribution < 1.29 is 50.3 Å². The fourth-order valence-electron chi connectivity index (χ4n) is 5.72. The fraction of sp³-hybridized carbons (Fsp3) is 1.00. The molecule has 3 rings (SSSR count). The third kappa shape index (κ3) is 4.40. The second-order valence-corrected chi connectivity index (χ2v) is 10.3. The van der Waals surface area contributed by atoms with Crippen LogP contribution in [0.5, 0.6) is 0 Å². The number of fused-ring (bicyclic) bond motifs is 1. The third-order valence-electron chi connectivity index (χ3n) is 8.07. The number of ether oxygens (including phenoxy) is 2. The zero-order valence-electron chi connectivity index (χ0n) is 18.3. The molecule has 1 saturated heterocycles. The van der Waals surface area contributed by atoms with E-state index in [2.05, 4.69) is 0 Å². The third-order valence-corrected chi connectivity index (χ3v) is 8.07. The summed E-state index contributed by atoms with van der Waals surface area (Å²) in [6, 6.07) is 0. The highest BCUT2D eigenvalue weighted by Crippen LogP contribution is 2.54. The highest BCUT2D eigenvalue weighted by atomic mass is 16.7. The molecule has 11 atom stereocenters. The molecule has 0 bridgehead atoms. The molecule has 8 N–H and O–H groups in total. The Labute approximate surface area is 182 Å². The first-order valence-electron chi connectivity index (χ1n) is 11.0. The summed E-state index contributed by atoms with van der Waals surface area (Å²) in [6.45, 7) is 4.00. The molecule has 0 aromatic heterocycles. The molecule has 31 heavy (non-hydrogen) atoms. The maximum atomic E-state index is 11.1. The van der Waals surface area contributed by atoms with Gasteiger partial charge in [0, 0.05) is 0 Å². The predicted octanol–water partition coefficient (Wildman–Crippen LogP) is -2.15. The van der Waals surface area contributed by atoms with E-state index >= 15 is 0 Å². The number of rotatable bonds is 5. The van der Waals surface area contributed by atoms with E-state index in [1.807, 2.05) is 0 Å². The van der Waals surface area contributed by atoms with Gasteiger partial charge in [0.1, 0.15) is 24.4 Å². The van der Waals surface area contributed by atoms with Crippen molar-refractivity contribution in [2.75, 3.05) is 13.2 Å². The number of aliphatic hydroxyl groups excluding tert-OH is 6. The summed E-state index contributed by atoms with van der Waals surface area (Å²) in [4.78, 5) is 0. The lowest BCUT2D eigenvalue weighted by molar-refractivity contribution is -0.329. The Morgan fingerprint density at radius 1 is 0.968 bits per heavy atom. The van der Waals surface area contributed by atoms with Crippen LogP contribution in [0.2, 0.25) is 0 Å². The normalized spacial score (nSPS) is 51.4. The molecular weight excluding hydrogens is 412 g/mol. The van der Waals surface area contributed by atoms with Gasteiger partial charge < -0.3 is 50.3 Å². The van der Waals surface area contributed by atoms with Crippen LogP contribution >= 0.6 is 0 Å². The van der Waals surface area contributed by atoms with E-state index in [9.17, 15) is 40.9 Å². The summed E-state index contributed by atoms with van der Waals surface area (Å²) >= 11 is 0. The quantitative estimate of drug-likeness (QED) is 0.230. The largest absolute Gasteiger partial charge is 0.394 e. The van der Waals surface area contributed by atoms with Crippen molar-refractivity contribution in [3.8, 4) is 0 Å². The molecule has 3 aliphatic rings. The van der Waals surface area contributed by atoms with Crippen molar-refractivity contribution in [1.29, 1.82) is 0 Å². The van der Waals surface area contributed by atoms with Gasteiger partial charge in [0.2, 0.25) is 0 Å². The average molecular weight is 451 g/mol. The van der Waals surface area contributed by atoms with Crippen molar-refractivity contribution >= 4 is 0 Å². The van der Waals surface area contributed by atoms with Crippen molar-refractivity contribution in [2.24, 2.45) is 17.8 Å². The molecule has 1 aliphatic heterocycles. The molecule has 3 fully saturated rings. The summed E-state index contributed by atoms with van der Waals surface area (Å²) in [7, 11) is 0. The Kier molecular flexibility index (Phi) is 7.12. The molecule has 2 saturated carbocycles. The van der Waals surface area contributed by atoms with Crippen LogP contribution in [-0.4, -0.2) is 108 Å². The van der Waals surface area contributed by atoms with Gasteiger partial charge in [-0.1, -0.05) is 0 Å². The van der Waals surface area contributed by atoms with Crippen LogP contribution in [0.25, 0.3) is 0 Å². The van der Waals surface area contributed by atoms with Crippen LogP contribution in [0.1, 0.15) is 46.5 Å². The van der Waals surface area contributed by atoms with Gasteiger partial charge in [0.05, 0.1) is 36.1 Å². The molecule has 0 aromatic rings. The first-order valence-corrected chi connectivity index (χ1v) is 11.0. The van der Waals surface area contributed by atoms with E-state index < -0.39 is 78.7 Å². The summed E-state index contributed by atoms with van der Waals surface area (Å²) < 4.78 is 11.5. The molecule has 0 unspecified atom stereocenters. The Morgan fingerprint density at radius 3 is 2.19 bits per heavy atom. The van der Waals surface area contributed by atoms with Gasteiger partial charge in [-0.05, 0) is 64.2 Å². The average Bonchev–Trinajstić information content (AvgIpc) is 2.84. The minimum atomic E-state index is -1.56. The second kappa shape index (κ2) is 8.75. The molecule has 2 aliphatic carbocycles. The molecule has 0 radical (unpaired) electrons. The van der Waals surface area contributed by atoms with Gasteiger partial charge in [0.25, 0.3) is 0 Å². The smallest absolute Gasteiger partial charge is 0.187 e. The van der Waals surface area contributed by atoms with E-state index in [0.717, 1.165) is 0 Å². The van der Waals surface area contributed by atoms with Crippen LogP contribution < -0.4 is 0 Å². The maximum absolute atomic E-state index is 11.1. The zero-order chi connectivity index (χ0) is 23.4. The summed E-state index contributed by atoms with van der Waals surface area (Å²) in [5, 5.41) is 82.1. The molecule has 1 heterocycles. The first kappa shape index (κ1) is 25.2. The second-order valence-electron chi connectivity index (χ2n) is 10.3.